The van der Waals surface area contributed by atoms with Crippen molar-refractivity contribution in [2.24, 2.45) is 0 Å². The summed E-state index contributed by atoms with van der Waals surface area (Å²) >= 11 is 7.33. The molecule has 1 aliphatic rings. The first-order chi connectivity index (χ1) is 14.1. The van der Waals surface area contributed by atoms with Crippen molar-refractivity contribution in [2.75, 3.05) is 17.7 Å². The summed E-state index contributed by atoms with van der Waals surface area (Å²) in [4.78, 5) is 25.2. The lowest BCUT2D eigenvalue weighted by Gasteiger charge is -2.22. The number of rotatable bonds is 6. The highest BCUT2D eigenvalue weighted by atomic mass is 35.5. The van der Waals surface area contributed by atoms with Gasteiger partial charge in [-0.1, -0.05) is 11.6 Å². The fraction of sp³-hybridized carbons (Fsp3) is 0.300. The van der Waals surface area contributed by atoms with E-state index in [9.17, 15) is 18.0 Å². The van der Waals surface area contributed by atoms with E-state index in [2.05, 4.69) is 10.6 Å². The highest BCUT2D eigenvalue weighted by Crippen LogP contribution is 2.37. The highest BCUT2D eigenvalue weighted by Gasteiger charge is 2.29. The molecule has 1 heterocycles. The highest BCUT2D eigenvalue weighted by molar-refractivity contribution is 8.01. The number of halogens is 1. The Morgan fingerprint density at radius 3 is 2.73 bits per heavy atom. The smallest absolute Gasteiger partial charge is 0.237 e. The first-order valence-corrected chi connectivity index (χ1v) is 11.9. The summed E-state index contributed by atoms with van der Waals surface area (Å²) < 4.78 is 31.2. The number of methoxy groups -OCH3 is 1. The van der Waals surface area contributed by atoms with Gasteiger partial charge in [-0.2, -0.15) is 0 Å². The van der Waals surface area contributed by atoms with Gasteiger partial charge in [0.25, 0.3) is 0 Å². The van der Waals surface area contributed by atoms with Crippen LogP contribution in [0.3, 0.4) is 0 Å². The zero-order valence-corrected chi connectivity index (χ0v) is 19.0. The van der Waals surface area contributed by atoms with Crippen molar-refractivity contribution in [1.29, 1.82) is 0 Å². The molecule has 2 N–H and O–H groups in total. The number of nitrogens with one attached hydrogen (secondary N) is 2. The molecule has 30 heavy (non-hydrogen) atoms. The van der Waals surface area contributed by atoms with E-state index >= 15 is 0 Å². The van der Waals surface area contributed by atoms with E-state index in [1.165, 1.54) is 44.0 Å². The van der Waals surface area contributed by atoms with Crippen LogP contribution in [0.1, 0.15) is 20.3 Å². The zero-order chi connectivity index (χ0) is 22.1. The number of carbonyl (C=O) groups excluding carboxylic acids is 2. The fourth-order valence-corrected chi connectivity index (χ4v) is 5.42. The maximum Gasteiger partial charge on any atom is 0.237 e. The molecule has 2 atom stereocenters. The Labute approximate surface area is 184 Å². The predicted octanol–water partition coefficient (Wildman–Crippen LogP) is 3.97. The lowest BCUT2D eigenvalue weighted by atomic mass is 10.2. The molecule has 2 amide bonds. The van der Waals surface area contributed by atoms with Crippen molar-refractivity contribution < 1.29 is 22.7 Å². The fourth-order valence-electron chi connectivity index (χ4n) is 2.95. The van der Waals surface area contributed by atoms with Crippen molar-refractivity contribution in [3.05, 3.63) is 41.4 Å². The van der Waals surface area contributed by atoms with Crippen LogP contribution >= 0.6 is 23.4 Å². The SMILES string of the molecule is COc1ccc(Cl)cc1NC(=O)CC(C)S(=O)(=O)c1ccc2c(c1)NC(=O)C(C)S2. The second-order valence-corrected chi connectivity index (χ2v) is 11.0. The van der Waals surface area contributed by atoms with Crippen LogP contribution in [0.5, 0.6) is 5.75 Å². The van der Waals surface area contributed by atoms with Crippen LogP contribution in [0, 0.1) is 0 Å². The van der Waals surface area contributed by atoms with Crippen LogP contribution in [-0.4, -0.2) is 37.8 Å². The minimum absolute atomic E-state index is 0.0531. The van der Waals surface area contributed by atoms with E-state index in [1.807, 2.05) is 0 Å². The lowest BCUT2D eigenvalue weighted by Crippen LogP contribution is -2.27. The number of fused-ring (bicyclic) bond motifs is 1. The van der Waals surface area contributed by atoms with Crippen LogP contribution in [-0.2, 0) is 19.4 Å². The van der Waals surface area contributed by atoms with Gasteiger partial charge in [0.1, 0.15) is 5.75 Å². The van der Waals surface area contributed by atoms with Gasteiger partial charge in [-0.25, -0.2) is 8.42 Å². The third kappa shape index (κ3) is 4.74. The second kappa shape index (κ2) is 8.87. The minimum atomic E-state index is -3.79. The van der Waals surface area contributed by atoms with Gasteiger partial charge in [0, 0.05) is 16.3 Å². The average molecular weight is 469 g/mol. The maximum absolute atomic E-state index is 13.0. The zero-order valence-electron chi connectivity index (χ0n) is 16.6. The molecule has 3 rings (SSSR count). The van der Waals surface area contributed by atoms with Gasteiger partial charge in [-0.05, 0) is 50.2 Å². The number of hydrogen-bond acceptors (Lipinski definition) is 6. The molecule has 7 nitrogen and oxygen atoms in total. The molecule has 0 saturated heterocycles. The van der Waals surface area contributed by atoms with Crippen LogP contribution < -0.4 is 15.4 Å². The molecule has 0 spiro atoms. The Hall–Kier alpha value is -2.23. The molecule has 160 valence electrons. The first kappa shape index (κ1) is 22.5. The van der Waals surface area contributed by atoms with Crippen molar-refractivity contribution in [3.63, 3.8) is 0 Å². The number of benzene rings is 2. The number of hydrogen-bond donors (Lipinski definition) is 2. The number of carbonyl (C=O) groups is 2. The molecule has 1 aliphatic heterocycles. The van der Waals surface area contributed by atoms with Crippen LogP contribution in [0.15, 0.2) is 46.2 Å². The van der Waals surface area contributed by atoms with Gasteiger partial charge >= 0.3 is 0 Å². The van der Waals surface area contributed by atoms with Crippen LogP contribution in [0.4, 0.5) is 11.4 Å². The van der Waals surface area contributed by atoms with E-state index < -0.39 is 21.0 Å². The number of amides is 2. The standard InChI is InChI=1S/C20H21ClN2O5S2/c1-11(8-19(24)22-15-9-13(21)4-6-17(15)28-3)30(26,27)14-5-7-18-16(10-14)23-20(25)12(2)29-18/h4-7,9-12H,8H2,1-3H3,(H,22,24)(H,23,25). The van der Waals surface area contributed by atoms with E-state index in [1.54, 1.807) is 25.1 Å². The summed E-state index contributed by atoms with van der Waals surface area (Å²) in [5.41, 5.74) is 0.826. The monoisotopic (exact) mass is 468 g/mol. The summed E-state index contributed by atoms with van der Waals surface area (Å²) in [6.45, 7) is 3.25. The summed E-state index contributed by atoms with van der Waals surface area (Å²) in [6.07, 6.45) is -0.257. The summed E-state index contributed by atoms with van der Waals surface area (Å²) in [6, 6.07) is 9.37. The topological polar surface area (TPSA) is 102 Å². The Morgan fingerprint density at radius 2 is 2.03 bits per heavy atom. The molecular weight excluding hydrogens is 448 g/mol. The Kier molecular flexibility index (Phi) is 6.64. The maximum atomic E-state index is 13.0. The molecular formula is C20H21ClN2O5S2. The summed E-state index contributed by atoms with van der Waals surface area (Å²) in [5.74, 6) is -0.243. The predicted molar refractivity (Wildman–Crippen MR) is 118 cm³/mol. The largest absolute Gasteiger partial charge is 0.495 e. The lowest BCUT2D eigenvalue weighted by molar-refractivity contribution is -0.116. The molecule has 0 aliphatic carbocycles. The molecule has 10 heteroatoms. The summed E-state index contributed by atoms with van der Waals surface area (Å²) in [5, 5.41) is 4.55. The molecule has 2 aromatic carbocycles. The quantitative estimate of drug-likeness (QED) is 0.665. The van der Waals surface area contributed by atoms with Gasteiger partial charge in [-0.15, -0.1) is 11.8 Å². The molecule has 0 saturated carbocycles. The second-order valence-electron chi connectivity index (χ2n) is 6.86. The van der Waals surface area contributed by atoms with Gasteiger partial charge in [0.15, 0.2) is 9.84 Å². The van der Waals surface area contributed by atoms with E-state index in [4.69, 9.17) is 16.3 Å². The van der Waals surface area contributed by atoms with Crippen LogP contribution in [0.2, 0.25) is 5.02 Å². The Morgan fingerprint density at radius 1 is 1.30 bits per heavy atom. The third-order valence-corrected chi connectivity index (χ3v) is 8.20. The van der Waals surface area contributed by atoms with Crippen LogP contribution in [0.25, 0.3) is 0 Å². The number of thioether (sulfide) groups is 1. The molecule has 0 fully saturated rings. The van der Waals surface area contributed by atoms with E-state index in [0.717, 1.165) is 4.90 Å². The van der Waals surface area contributed by atoms with Gasteiger partial charge in [-0.3, -0.25) is 9.59 Å². The minimum Gasteiger partial charge on any atom is -0.495 e. The van der Waals surface area contributed by atoms with Crippen molar-refractivity contribution >= 4 is 56.4 Å². The number of anilines is 2. The molecule has 2 aromatic rings. The molecule has 0 radical (unpaired) electrons. The Balaban J connectivity index is 1.76. The molecule has 0 aromatic heterocycles. The Bertz CT molecular complexity index is 1100. The summed E-state index contributed by atoms with van der Waals surface area (Å²) in [7, 11) is -2.34. The van der Waals surface area contributed by atoms with Crippen molar-refractivity contribution in [2.45, 2.75) is 40.6 Å². The van der Waals surface area contributed by atoms with Gasteiger partial charge < -0.3 is 15.4 Å². The molecule has 2 unspecified atom stereocenters. The van der Waals surface area contributed by atoms with Gasteiger partial charge in [0.05, 0.1) is 33.9 Å². The van der Waals surface area contributed by atoms with E-state index in [0.29, 0.717) is 22.1 Å². The molecule has 0 bridgehead atoms. The normalized spacial score (nSPS) is 16.9. The third-order valence-electron chi connectivity index (χ3n) is 4.65. The van der Waals surface area contributed by atoms with Crippen molar-refractivity contribution in [3.8, 4) is 5.75 Å². The van der Waals surface area contributed by atoms with Gasteiger partial charge in [0.2, 0.25) is 11.8 Å². The first-order valence-electron chi connectivity index (χ1n) is 9.10. The average Bonchev–Trinajstić information content (AvgIpc) is 2.68. The van der Waals surface area contributed by atoms with E-state index in [-0.39, 0.29) is 22.5 Å². The number of sulfone groups is 1. The van der Waals surface area contributed by atoms with Crippen molar-refractivity contribution in [1.82, 2.24) is 0 Å². The number of ether oxygens (including phenoxy) is 1.